The van der Waals surface area contributed by atoms with Gasteiger partial charge in [0, 0.05) is 10.0 Å². The average molecular weight is 340 g/mol. The van der Waals surface area contributed by atoms with Crippen molar-refractivity contribution in [1.29, 1.82) is 0 Å². The van der Waals surface area contributed by atoms with Crippen LogP contribution in [0.5, 0.6) is 0 Å². The van der Waals surface area contributed by atoms with E-state index in [-0.39, 0.29) is 5.82 Å². The van der Waals surface area contributed by atoms with E-state index < -0.39 is 17.8 Å². The second-order valence-electron chi connectivity index (χ2n) is 4.34. The van der Waals surface area contributed by atoms with Gasteiger partial charge in [0.25, 0.3) is 5.91 Å². The highest BCUT2D eigenvalue weighted by molar-refractivity contribution is 9.10. The summed E-state index contributed by atoms with van der Waals surface area (Å²) in [6.07, 6.45) is 0. The largest absolute Gasteiger partial charge is 0.345 e. The van der Waals surface area contributed by atoms with E-state index in [0.29, 0.717) is 15.6 Å². The van der Waals surface area contributed by atoms with Crippen molar-refractivity contribution in [3.8, 4) is 0 Å². The Labute approximate surface area is 123 Å². The smallest absolute Gasteiger partial charge is 0.252 e. The molecule has 0 saturated carbocycles. The summed E-state index contributed by atoms with van der Waals surface area (Å²) in [5.74, 6) is -1.21. The molecule has 0 bridgehead atoms. The minimum absolute atomic E-state index is 0.301. The quantitative estimate of drug-likeness (QED) is 0.891. The molecule has 2 nitrogen and oxygen atoms in total. The Hall–Kier alpha value is -1.75. The summed E-state index contributed by atoms with van der Waals surface area (Å²) >= 11 is 3.13. The van der Waals surface area contributed by atoms with Crippen LogP contribution in [-0.4, -0.2) is 5.91 Å². The number of carbonyl (C=O) groups is 1. The Balaban J connectivity index is 2.17. The molecule has 1 unspecified atom stereocenters. The third-order valence-corrected chi connectivity index (χ3v) is 3.55. The normalized spacial score (nSPS) is 12.0. The molecule has 0 saturated heterocycles. The van der Waals surface area contributed by atoms with Crippen LogP contribution in [0, 0.1) is 11.6 Å². The molecule has 2 rings (SSSR count). The van der Waals surface area contributed by atoms with E-state index in [9.17, 15) is 13.6 Å². The Morgan fingerprint density at radius 2 is 1.90 bits per heavy atom. The zero-order valence-corrected chi connectivity index (χ0v) is 12.2. The lowest BCUT2D eigenvalue weighted by Gasteiger charge is -2.15. The van der Waals surface area contributed by atoms with Crippen LogP contribution in [0.1, 0.15) is 28.9 Å². The molecule has 0 spiro atoms. The van der Waals surface area contributed by atoms with Crippen molar-refractivity contribution in [3.05, 3.63) is 69.7 Å². The summed E-state index contributed by atoms with van der Waals surface area (Å²) in [5, 5.41) is 2.68. The van der Waals surface area contributed by atoms with Crippen LogP contribution in [0.4, 0.5) is 8.78 Å². The van der Waals surface area contributed by atoms with E-state index in [1.807, 2.05) is 0 Å². The third kappa shape index (κ3) is 3.22. The molecule has 0 aromatic heterocycles. The van der Waals surface area contributed by atoms with Gasteiger partial charge < -0.3 is 5.32 Å². The first-order valence-electron chi connectivity index (χ1n) is 5.99. The van der Waals surface area contributed by atoms with Gasteiger partial charge in [-0.3, -0.25) is 4.79 Å². The van der Waals surface area contributed by atoms with Crippen LogP contribution in [0.15, 0.2) is 46.9 Å². The molecule has 0 aliphatic carbocycles. The molecule has 0 radical (unpaired) electrons. The Kier molecular flexibility index (Phi) is 4.49. The van der Waals surface area contributed by atoms with E-state index >= 15 is 0 Å². The molecular formula is C15H12BrF2NO. The molecule has 0 fully saturated rings. The van der Waals surface area contributed by atoms with Gasteiger partial charge in [-0.2, -0.15) is 0 Å². The Bertz CT molecular complexity index is 646. The number of carbonyl (C=O) groups excluding carboxylic acids is 1. The van der Waals surface area contributed by atoms with Crippen LogP contribution in [0.25, 0.3) is 0 Å². The topological polar surface area (TPSA) is 29.1 Å². The van der Waals surface area contributed by atoms with Crippen molar-refractivity contribution in [3.63, 3.8) is 0 Å². The number of hydrogen-bond acceptors (Lipinski definition) is 1. The van der Waals surface area contributed by atoms with Gasteiger partial charge >= 0.3 is 0 Å². The first-order chi connectivity index (χ1) is 9.49. The van der Waals surface area contributed by atoms with Crippen molar-refractivity contribution in [2.75, 3.05) is 0 Å². The summed E-state index contributed by atoms with van der Waals surface area (Å²) in [6, 6.07) is 9.55. The first kappa shape index (κ1) is 14.7. The predicted molar refractivity (Wildman–Crippen MR) is 76.4 cm³/mol. The number of nitrogens with one attached hydrogen (secondary N) is 1. The minimum Gasteiger partial charge on any atom is -0.345 e. The maximum atomic E-state index is 13.6. The molecule has 0 aliphatic heterocycles. The first-order valence-corrected chi connectivity index (χ1v) is 6.78. The number of hydrogen-bond donors (Lipinski definition) is 1. The van der Waals surface area contributed by atoms with Crippen LogP contribution in [0.2, 0.25) is 0 Å². The zero-order chi connectivity index (χ0) is 14.7. The van der Waals surface area contributed by atoms with Gasteiger partial charge in [-0.1, -0.05) is 18.2 Å². The third-order valence-electron chi connectivity index (χ3n) is 2.90. The van der Waals surface area contributed by atoms with Crippen LogP contribution in [-0.2, 0) is 0 Å². The molecule has 1 amide bonds. The lowest BCUT2D eigenvalue weighted by Crippen LogP contribution is -2.27. The molecule has 1 atom stereocenters. The second-order valence-corrected chi connectivity index (χ2v) is 5.20. The van der Waals surface area contributed by atoms with Crippen LogP contribution >= 0.6 is 15.9 Å². The number of amides is 1. The van der Waals surface area contributed by atoms with Gasteiger partial charge in [0.05, 0.1) is 11.6 Å². The van der Waals surface area contributed by atoms with E-state index in [0.717, 1.165) is 0 Å². The molecule has 20 heavy (non-hydrogen) atoms. The minimum atomic E-state index is -0.486. The second kappa shape index (κ2) is 6.13. The lowest BCUT2D eigenvalue weighted by molar-refractivity contribution is 0.0938. The summed E-state index contributed by atoms with van der Waals surface area (Å²) in [4.78, 5) is 12.1. The SMILES string of the molecule is CC(NC(=O)c1ccc(F)cc1Br)c1ccccc1F. The average Bonchev–Trinajstić information content (AvgIpc) is 2.38. The van der Waals surface area contributed by atoms with E-state index in [2.05, 4.69) is 21.2 Å². The molecule has 0 heterocycles. The van der Waals surface area contributed by atoms with Crippen molar-refractivity contribution >= 4 is 21.8 Å². The summed E-state index contributed by atoms with van der Waals surface area (Å²) in [5.41, 5.74) is 0.702. The van der Waals surface area contributed by atoms with Crippen molar-refractivity contribution in [1.82, 2.24) is 5.32 Å². The number of rotatable bonds is 3. The van der Waals surface area contributed by atoms with Gasteiger partial charge in [0.2, 0.25) is 0 Å². The zero-order valence-electron chi connectivity index (χ0n) is 10.7. The van der Waals surface area contributed by atoms with Gasteiger partial charge in [-0.15, -0.1) is 0 Å². The van der Waals surface area contributed by atoms with Gasteiger partial charge in [-0.05, 0) is 47.1 Å². The van der Waals surface area contributed by atoms with E-state index in [1.54, 1.807) is 25.1 Å². The fourth-order valence-electron chi connectivity index (χ4n) is 1.85. The fraction of sp³-hybridized carbons (Fsp3) is 0.133. The highest BCUT2D eigenvalue weighted by Gasteiger charge is 2.16. The highest BCUT2D eigenvalue weighted by atomic mass is 79.9. The van der Waals surface area contributed by atoms with E-state index in [1.165, 1.54) is 24.3 Å². The standard InChI is InChI=1S/C15H12BrF2NO/c1-9(11-4-2-3-5-14(11)18)19-15(20)12-7-6-10(17)8-13(12)16/h2-9H,1H3,(H,19,20). The lowest BCUT2D eigenvalue weighted by atomic mass is 10.1. The van der Waals surface area contributed by atoms with Crippen LogP contribution in [0.3, 0.4) is 0 Å². The summed E-state index contributed by atoms with van der Waals surface area (Å²) in [7, 11) is 0. The molecule has 2 aromatic carbocycles. The van der Waals surface area contributed by atoms with Gasteiger partial charge in [0.1, 0.15) is 11.6 Å². The predicted octanol–water partition coefficient (Wildman–Crippen LogP) is 4.22. The van der Waals surface area contributed by atoms with Crippen LogP contribution < -0.4 is 5.32 Å². The van der Waals surface area contributed by atoms with Gasteiger partial charge in [-0.25, -0.2) is 8.78 Å². The maximum absolute atomic E-state index is 13.6. The summed E-state index contributed by atoms with van der Waals surface area (Å²) in [6.45, 7) is 1.69. The number of benzene rings is 2. The fourth-order valence-corrected chi connectivity index (χ4v) is 2.38. The molecule has 104 valence electrons. The molecule has 1 N–H and O–H groups in total. The Morgan fingerprint density at radius 1 is 1.20 bits per heavy atom. The molecule has 5 heteroatoms. The Morgan fingerprint density at radius 3 is 2.55 bits per heavy atom. The van der Waals surface area contributed by atoms with Gasteiger partial charge in [0.15, 0.2) is 0 Å². The van der Waals surface area contributed by atoms with Crippen molar-refractivity contribution < 1.29 is 13.6 Å². The maximum Gasteiger partial charge on any atom is 0.252 e. The number of halogens is 3. The molecule has 0 aliphatic rings. The monoisotopic (exact) mass is 339 g/mol. The molecular weight excluding hydrogens is 328 g/mol. The van der Waals surface area contributed by atoms with E-state index in [4.69, 9.17) is 0 Å². The summed E-state index contributed by atoms with van der Waals surface area (Å²) < 4.78 is 27.0. The molecule has 2 aromatic rings. The highest BCUT2D eigenvalue weighted by Crippen LogP contribution is 2.20. The van der Waals surface area contributed by atoms with Crippen molar-refractivity contribution in [2.24, 2.45) is 0 Å². The van der Waals surface area contributed by atoms with Crippen molar-refractivity contribution in [2.45, 2.75) is 13.0 Å².